The monoisotopic (exact) mass is 345 g/mol. The average Bonchev–Trinajstić information content (AvgIpc) is 2.50. The predicted octanol–water partition coefficient (Wildman–Crippen LogP) is 4.83. The molecule has 0 radical (unpaired) electrons. The van der Waals surface area contributed by atoms with E-state index in [1.165, 1.54) is 9.75 Å². The summed E-state index contributed by atoms with van der Waals surface area (Å²) in [5.41, 5.74) is 7.71. The smallest absolute Gasteiger partial charge is 0.0499 e. The molecule has 78 valence electrons. The minimum atomic E-state index is 0.783. The highest BCUT2D eigenvalue weighted by Gasteiger charge is 2.10. The van der Waals surface area contributed by atoms with Crippen molar-refractivity contribution in [3.63, 3.8) is 0 Å². The van der Waals surface area contributed by atoms with E-state index in [1.807, 2.05) is 18.2 Å². The zero-order chi connectivity index (χ0) is 11.0. The molecule has 1 aromatic heterocycles. The van der Waals surface area contributed by atoms with Crippen LogP contribution >= 0.6 is 43.2 Å². The molecule has 2 N–H and O–H groups in total. The first kappa shape index (κ1) is 11.2. The van der Waals surface area contributed by atoms with Crippen molar-refractivity contribution in [2.45, 2.75) is 6.92 Å². The lowest BCUT2D eigenvalue weighted by Gasteiger charge is -2.04. The van der Waals surface area contributed by atoms with E-state index in [0.29, 0.717) is 0 Å². The Balaban J connectivity index is 2.62. The Labute approximate surface area is 110 Å². The normalized spacial score (nSPS) is 10.6. The van der Waals surface area contributed by atoms with Crippen LogP contribution in [0.5, 0.6) is 0 Å². The van der Waals surface area contributed by atoms with Crippen LogP contribution in [-0.4, -0.2) is 0 Å². The van der Waals surface area contributed by atoms with Crippen molar-refractivity contribution in [1.82, 2.24) is 0 Å². The number of hydrogen-bond acceptors (Lipinski definition) is 2. The highest BCUT2D eigenvalue weighted by molar-refractivity contribution is 9.11. The Kier molecular flexibility index (Phi) is 3.19. The Bertz CT molecular complexity index is 505. The third kappa shape index (κ3) is 2.27. The summed E-state index contributed by atoms with van der Waals surface area (Å²) < 4.78 is 2.19. The number of rotatable bonds is 1. The second-order valence-corrected chi connectivity index (χ2v) is 6.24. The van der Waals surface area contributed by atoms with Crippen molar-refractivity contribution >= 4 is 48.9 Å². The molecular weight excluding hydrogens is 338 g/mol. The molecule has 2 rings (SSSR count). The standard InChI is InChI=1S/C11H9Br2NS/c1-6-4-10(13)11(15-6)8-5-7(14)2-3-9(8)12/h2-5H,14H2,1H3. The van der Waals surface area contributed by atoms with Gasteiger partial charge in [-0.2, -0.15) is 0 Å². The van der Waals surface area contributed by atoms with E-state index < -0.39 is 0 Å². The number of nitrogens with two attached hydrogens (primary N) is 1. The van der Waals surface area contributed by atoms with Crippen molar-refractivity contribution in [3.05, 3.63) is 38.1 Å². The second-order valence-electron chi connectivity index (χ2n) is 3.27. The third-order valence-electron chi connectivity index (χ3n) is 2.04. The minimum Gasteiger partial charge on any atom is -0.399 e. The summed E-state index contributed by atoms with van der Waals surface area (Å²) in [6, 6.07) is 7.98. The molecule has 0 unspecified atom stereocenters. The first-order valence-electron chi connectivity index (χ1n) is 4.39. The number of aryl methyl sites for hydroxylation is 1. The van der Waals surface area contributed by atoms with Crippen molar-refractivity contribution in [2.75, 3.05) is 5.73 Å². The van der Waals surface area contributed by atoms with E-state index in [1.54, 1.807) is 11.3 Å². The van der Waals surface area contributed by atoms with Crippen LogP contribution in [0, 0.1) is 6.92 Å². The lowest BCUT2D eigenvalue weighted by atomic mass is 10.2. The quantitative estimate of drug-likeness (QED) is 0.735. The van der Waals surface area contributed by atoms with Crippen molar-refractivity contribution in [3.8, 4) is 10.4 Å². The molecule has 1 aromatic carbocycles. The van der Waals surface area contributed by atoms with Gasteiger partial charge in [-0.3, -0.25) is 0 Å². The summed E-state index contributed by atoms with van der Waals surface area (Å²) in [4.78, 5) is 2.50. The van der Waals surface area contributed by atoms with Crippen LogP contribution < -0.4 is 5.73 Å². The topological polar surface area (TPSA) is 26.0 Å². The molecule has 0 fully saturated rings. The van der Waals surface area contributed by atoms with E-state index in [9.17, 15) is 0 Å². The molecular formula is C11H9Br2NS. The van der Waals surface area contributed by atoms with Gasteiger partial charge >= 0.3 is 0 Å². The molecule has 1 nitrogen and oxygen atoms in total. The minimum absolute atomic E-state index is 0.783. The summed E-state index contributed by atoms with van der Waals surface area (Å²) in [6.07, 6.45) is 0. The molecule has 0 amide bonds. The molecule has 4 heteroatoms. The number of hydrogen-bond donors (Lipinski definition) is 1. The van der Waals surface area contributed by atoms with Gasteiger partial charge in [-0.05, 0) is 47.1 Å². The van der Waals surface area contributed by atoms with Crippen molar-refractivity contribution in [1.29, 1.82) is 0 Å². The molecule has 15 heavy (non-hydrogen) atoms. The van der Waals surface area contributed by atoms with Crippen LogP contribution in [0.3, 0.4) is 0 Å². The molecule has 1 heterocycles. The maximum Gasteiger partial charge on any atom is 0.0499 e. The molecule has 0 atom stereocenters. The van der Waals surface area contributed by atoms with Crippen LogP contribution in [0.1, 0.15) is 4.88 Å². The summed E-state index contributed by atoms with van der Waals surface area (Å²) in [7, 11) is 0. The fourth-order valence-corrected chi connectivity index (χ4v) is 3.85. The molecule has 0 aliphatic rings. The van der Waals surface area contributed by atoms with Gasteiger partial charge in [0.25, 0.3) is 0 Å². The highest BCUT2D eigenvalue weighted by Crippen LogP contribution is 2.40. The third-order valence-corrected chi connectivity index (χ3v) is 4.71. The predicted molar refractivity (Wildman–Crippen MR) is 74.3 cm³/mol. The lowest BCUT2D eigenvalue weighted by Crippen LogP contribution is -1.85. The van der Waals surface area contributed by atoms with E-state index >= 15 is 0 Å². The van der Waals surface area contributed by atoms with E-state index in [2.05, 4.69) is 44.8 Å². The first-order chi connectivity index (χ1) is 7.08. The summed E-state index contributed by atoms with van der Waals surface area (Å²) in [5, 5.41) is 0. The SMILES string of the molecule is Cc1cc(Br)c(-c2cc(N)ccc2Br)s1. The van der Waals surface area contributed by atoms with Crippen LogP contribution in [0.15, 0.2) is 33.2 Å². The zero-order valence-corrected chi connectivity index (χ0v) is 12.0. The fraction of sp³-hybridized carbons (Fsp3) is 0.0909. The van der Waals surface area contributed by atoms with E-state index in [0.717, 1.165) is 20.2 Å². The largest absolute Gasteiger partial charge is 0.399 e. The number of anilines is 1. The maximum absolute atomic E-state index is 5.79. The summed E-state index contributed by atoms with van der Waals surface area (Å²) in [6.45, 7) is 2.10. The molecule has 0 aliphatic heterocycles. The maximum atomic E-state index is 5.79. The Hall–Kier alpha value is -0.320. The lowest BCUT2D eigenvalue weighted by molar-refractivity contribution is 1.60. The number of nitrogen functional groups attached to an aromatic ring is 1. The molecule has 0 aliphatic carbocycles. The van der Waals surface area contributed by atoms with Gasteiger partial charge in [0.2, 0.25) is 0 Å². The van der Waals surface area contributed by atoms with Gasteiger partial charge in [-0.25, -0.2) is 0 Å². The molecule has 0 spiro atoms. The Morgan fingerprint density at radius 1 is 1.13 bits per heavy atom. The van der Waals surface area contributed by atoms with Crippen LogP contribution in [-0.2, 0) is 0 Å². The van der Waals surface area contributed by atoms with E-state index in [4.69, 9.17) is 5.73 Å². The number of thiophene rings is 1. The average molecular weight is 347 g/mol. The highest BCUT2D eigenvalue weighted by atomic mass is 79.9. The van der Waals surface area contributed by atoms with Gasteiger partial charge in [-0.1, -0.05) is 15.9 Å². The van der Waals surface area contributed by atoms with Gasteiger partial charge in [0.15, 0.2) is 0 Å². The summed E-state index contributed by atoms with van der Waals surface area (Å²) >= 11 is 8.86. The van der Waals surface area contributed by atoms with Gasteiger partial charge < -0.3 is 5.73 Å². The van der Waals surface area contributed by atoms with Crippen molar-refractivity contribution < 1.29 is 0 Å². The van der Waals surface area contributed by atoms with Crippen LogP contribution in [0.25, 0.3) is 10.4 Å². The number of benzene rings is 1. The first-order valence-corrected chi connectivity index (χ1v) is 6.79. The molecule has 0 saturated heterocycles. The zero-order valence-electron chi connectivity index (χ0n) is 8.05. The van der Waals surface area contributed by atoms with Gasteiger partial charge in [0.05, 0.1) is 0 Å². The molecule has 0 saturated carbocycles. The van der Waals surface area contributed by atoms with Gasteiger partial charge in [0, 0.05) is 30.0 Å². The van der Waals surface area contributed by atoms with Gasteiger partial charge in [0.1, 0.15) is 0 Å². The van der Waals surface area contributed by atoms with Gasteiger partial charge in [-0.15, -0.1) is 11.3 Å². The molecule has 2 aromatic rings. The van der Waals surface area contributed by atoms with Crippen molar-refractivity contribution in [2.24, 2.45) is 0 Å². The van der Waals surface area contributed by atoms with Crippen LogP contribution in [0.2, 0.25) is 0 Å². The fourth-order valence-electron chi connectivity index (χ4n) is 1.38. The second kappa shape index (κ2) is 4.28. The summed E-state index contributed by atoms with van der Waals surface area (Å²) in [5.74, 6) is 0. The van der Waals surface area contributed by atoms with Crippen LogP contribution in [0.4, 0.5) is 5.69 Å². The molecule has 0 bridgehead atoms. The Morgan fingerprint density at radius 3 is 2.47 bits per heavy atom. The number of halogens is 2. The Morgan fingerprint density at radius 2 is 1.87 bits per heavy atom. The van der Waals surface area contributed by atoms with E-state index in [-0.39, 0.29) is 0 Å².